The van der Waals surface area contributed by atoms with E-state index in [-0.39, 0.29) is 101 Å². The zero-order chi connectivity index (χ0) is 30.8. The first-order valence-corrected chi connectivity index (χ1v) is 14.3. The molecular weight excluding hydrogens is 646 g/mol. The quantitative estimate of drug-likeness (QED) is 0.231. The van der Waals surface area contributed by atoms with Gasteiger partial charge in [-0.1, -0.05) is 104 Å². The van der Waals surface area contributed by atoms with Gasteiger partial charge < -0.3 is 37.5 Å². The van der Waals surface area contributed by atoms with E-state index in [1.807, 2.05) is 130 Å². The second-order valence-electron chi connectivity index (χ2n) is 6.78. The standard InChI is InChI=1S/2C11H12NO.4C2H6.2C2H5.2Y/c2*1-8-9(2)12(11(8)13)10-6-4-3-5-7-10;6*1-2;;/h2*3-9H,1H2,2H3;4*1-2H3;2*1H2,2H3;;/q2*-1;;;;;2*-1;;/t8-,9+;8-,9-;;;;;;;;/m01......../s1. The fourth-order valence-corrected chi connectivity index (χ4v) is 3.27. The van der Waals surface area contributed by atoms with E-state index in [4.69, 9.17) is 0 Å². The number of rotatable bonds is 2. The minimum atomic E-state index is -0.0693. The number of nitrogens with zero attached hydrogens (tertiary/aromatic N) is 2. The average Bonchev–Trinajstić information content (AvgIpc) is 3.04. The number of carbonyl (C=O) groups is 2. The maximum absolute atomic E-state index is 11.4. The van der Waals surface area contributed by atoms with Gasteiger partial charge >= 0.3 is 0 Å². The van der Waals surface area contributed by atoms with Crippen LogP contribution in [0.15, 0.2) is 60.7 Å². The Morgan fingerprint density at radius 3 is 0.875 bits per heavy atom. The molecule has 2 aliphatic rings. The van der Waals surface area contributed by atoms with Gasteiger partial charge in [-0.3, -0.25) is 9.59 Å². The zero-order valence-corrected chi connectivity index (χ0v) is 33.5. The van der Waals surface area contributed by atoms with E-state index in [0.717, 1.165) is 11.4 Å². The molecule has 6 heteroatoms. The number of β-lactam (4-membered cyclic amide) rings is 2. The summed E-state index contributed by atoms with van der Waals surface area (Å²) in [5, 5.41) is 0. The molecule has 0 unspecified atom stereocenters. The molecule has 226 valence electrons. The van der Waals surface area contributed by atoms with Crippen molar-refractivity contribution in [1.29, 1.82) is 0 Å². The van der Waals surface area contributed by atoms with E-state index >= 15 is 0 Å². The molecule has 0 N–H and O–H groups in total. The van der Waals surface area contributed by atoms with Gasteiger partial charge in [0, 0.05) is 88.9 Å². The molecule has 0 saturated carbocycles. The van der Waals surface area contributed by atoms with Gasteiger partial charge in [0.05, 0.1) is 0 Å². The number of amides is 2. The largest absolute Gasteiger partial charge is 0.346 e. The van der Waals surface area contributed by atoms with Gasteiger partial charge in [-0.15, -0.1) is 0 Å². The van der Waals surface area contributed by atoms with Gasteiger partial charge in [0.1, 0.15) is 0 Å². The predicted octanol–water partition coefficient (Wildman–Crippen LogP) is 9.52. The van der Waals surface area contributed by atoms with Crippen molar-refractivity contribution in [2.75, 3.05) is 9.80 Å². The summed E-state index contributed by atoms with van der Waals surface area (Å²) in [5.41, 5.74) is 1.94. The smallest absolute Gasteiger partial charge is 0.202 e. The second kappa shape index (κ2) is 34.8. The molecule has 4 nitrogen and oxygen atoms in total. The van der Waals surface area contributed by atoms with Crippen molar-refractivity contribution in [1.82, 2.24) is 0 Å². The van der Waals surface area contributed by atoms with E-state index in [9.17, 15) is 9.59 Å². The van der Waals surface area contributed by atoms with E-state index in [1.165, 1.54) is 0 Å². The molecular formula is C34H58N2O2Y2-4. The van der Waals surface area contributed by atoms with Crippen LogP contribution in [0.3, 0.4) is 0 Å². The Labute approximate surface area is 300 Å². The fraction of sp³-hybridized carbons (Fsp3) is 0.471. The van der Waals surface area contributed by atoms with Crippen molar-refractivity contribution in [3.05, 3.63) is 88.4 Å². The Balaban J connectivity index is -0.000000102. The first-order valence-electron chi connectivity index (χ1n) is 14.3. The minimum Gasteiger partial charge on any atom is -0.346 e. The van der Waals surface area contributed by atoms with Crippen LogP contribution in [0.25, 0.3) is 0 Å². The Morgan fingerprint density at radius 1 is 0.500 bits per heavy atom. The summed E-state index contributed by atoms with van der Waals surface area (Å²) in [5.74, 6) is 0.109. The predicted molar refractivity (Wildman–Crippen MR) is 172 cm³/mol. The molecule has 2 fully saturated rings. The summed E-state index contributed by atoms with van der Waals surface area (Å²) in [4.78, 5) is 26.5. The monoisotopic (exact) mass is 704 g/mol. The fourth-order valence-electron chi connectivity index (χ4n) is 3.27. The molecule has 2 aliphatic heterocycles. The Morgan fingerprint density at radius 2 is 0.700 bits per heavy atom. The van der Waals surface area contributed by atoms with Crippen molar-refractivity contribution in [2.24, 2.45) is 11.8 Å². The van der Waals surface area contributed by atoms with Crippen molar-refractivity contribution in [3.63, 3.8) is 0 Å². The average molecular weight is 705 g/mol. The maximum atomic E-state index is 11.4. The zero-order valence-electron chi connectivity index (χ0n) is 27.8. The molecule has 2 saturated heterocycles. The topological polar surface area (TPSA) is 40.6 Å². The number of anilines is 2. The van der Waals surface area contributed by atoms with E-state index < -0.39 is 0 Å². The maximum Gasteiger partial charge on any atom is 0.202 e. The molecule has 0 bridgehead atoms. The number of benzene rings is 2. The van der Waals surface area contributed by atoms with Crippen LogP contribution in [0.2, 0.25) is 0 Å². The van der Waals surface area contributed by atoms with Crippen molar-refractivity contribution in [3.8, 4) is 0 Å². The molecule has 0 spiro atoms. The Bertz CT molecular complexity index is 722. The molecule has 2 aromatic carbocycles. The first-order chi connectivity index (χ1) is 18.4. The molecule has 2 radical (unpaired) electrons. The Kier molecular flexibility index (Phi) is 45.4. The van der Waals surface area contributed by atoms with Crippen LogP contribution in [0.1, 0.15) is 83.1 Å². The first kappa shape index (κ1) is 52.3. The van der Waals surface area contributed by atoms with E-state index in [0.29, 0.717) is 0 Å². The molecule has 40 heavy (non-hydrogen) atoms. The van der Waals surface area contributed by atoms with Gasteiger partial charge in [0.25, 0.3) is 0 Å². The molecule has 2 aromatic rings. The second-order valence-corrected chi connectivity index (χ2v) is 6.78. The van der Waals surface area contributed by atoms with Crippen LogP contribution in [0, 0.1) is 39.5 Å². The van der Waals surface area contributed by atoms with Crippen molar-refractivity contribution >= 4 is 23.2 Å². The van der Waals surface area contributed by atoms with E-state index in [1.54, 1.807) is 23.6 Å². The third-order valence-corrected chi connectivity index (χ3v) is 5.16. The summed E-state index contributed by atoms with van der Waals surface area (Å²) >= 11 is 0. The molecule has 4 atom stereocenters. The molecule has 2 heterocycles. The third kappa shape index (κ3) is 16.3. The third-order valence-electron chi connectivity index (χ3n) is 5.16. The summed E-state index contributed by atoms with van der Waals surface area (Å²) in [6.07, 6.45) is 0. The molecule has 0 aliphatic carbocycles. The van der Waals surface area contributed by atoms with Gasteiger partial charge in [0.15, 0.2) is 0 Å². The van der Waals surface area contributed by atoms with Gasteiger partial charge in [-0.05, 0) is 38.1 Å². The molecule has 0 aromatic heterocycles. The Hall–Kier alpha value is -0.412. The van der Waals surface area contributed by atoms with Crippen LogP contribution in [0.5, 0.6) is 0 Å². The summed E-state index contributed by atoms with van der Waals surface area (Å²) in [6.45, 7) is 37.6. The summed E-state index contributed by atoms with van der Waals surface area (Å²) in [7, 11) is 0. The van der Waals surface area contributed by atoms with Gasteiger partial charge in [0.2, 0.25) is 11.8 Å². The van der Waals surface area contributed by atoms with Crippen molar-refractivity contribution in [2.45, 2.75) is 95.2 Å². The number of carbonyl (C=O) groups excluding carboxylic acids is 2. The molecule has 4 rings (SSSR count). The van der Waals surface area contributed by atoms with Crippen LogP contribution in [0.4, 0.5) is 11.4 Å². The SMILES string of the molecule is CC.CC.CC.CC.[CH2-]C.[CH2-]C.[CH2-][C@@H]1C(=O)N(c2ccccc2)[C@@H]1C.[CH2-][C@H]1C(=O)N(c2ccccc2)[C@@H]1C.[Y].[Y]. The van der Waals surface area contributed by atoms with Crippen LogP contribution in [-0.4, -0.2) is 23.9 Å². The summed E-state index contributed by atoms with van der Waals surface area (Å²) < 4.78 is 0. The van der Waals surface area contributed by atoms with Gasteiger partial charge in [-0.25, -0.2) is 0 Å². The van der Waals surface area contributed by atoms with E-state index in [2.05, 4.69) is 27.7 Å². The number of para-hydroxylation sites is 2. The van der Waals surface area contributed by atoms with Crippen LogP contribution in [-0.2, 0) is 75.0 Å². The summed E-state index contributed by atoms with van der Waals surface area (Å²) in [6, 6.07) is 19.9. The van der Waals surface area contributed by atoms with Crippen LogP contribution < -0.4 is 9.80 Å². The molecule has 2 amide bonds. The van der Waals surface area contributed by atoms with Crippen molar-refractivity contribution < 1.29 is 75.0 Å². The normalized spacial score (nSPS) is 18.6. The minimum absolute atomic E-state index is 0. The van der Waals surface area contributed by atoms with Crippen LogP contribution >= 0.6 is 0 Å². The number of hydrogen-bond acceptors (Lipinski definition) is 2. The van der Waals surface area contributed by atoms with Gasteiger partial charge in [-0.2, -0.15) is 13.8 Å². The number of hydrogen-bond donors (Lipinski definition) is 0.